The van der Waals surface area contributed by atoms with Crippen LogP contribution in [0.5, 0.6) is 0 Å². The average molecular weight is 266 g/mol. The first-order valence-corrected chi connectivity index (χ1v) is 7.45. The van der Waals surface area contributed by atoms with Crippen molar-refractivity contribution in [3.63, 3.8) is 0 Å². The maximum Gasteiger partial charge on any atom is 0.251 e. The molecule has 0 bridgehead atoms. The maximum atomic E-state index is 12.2. The van der Waals surface area contributed by atoms with Gasteiger partial charge < -0.3 is 15.0 Å². The Morgan fingerprint density at radius 2 is 1.79 bits per heavy atom. The van der Waals surface area contributed by atoms with Crippen LogP contribution in [0.25, 0.3) is 0 Å². The van der Waals surface area contributed by atoms with Crippen LogP contribution in [0.15, 0.2) is 0 Å². The largest absolute Gasteiger partial charge is 0.368 e. The summed E-state index contributed by atoms with van der Waals surface area (Å²) in [7, 11) is 0. The summed E-state index contributed by atoms with van der Waals surface area (Å²) in [4.78, 5) is 25.7. The number of nitrogens with zero attached hydrogens (tertiary/aromatic N) is 1. The Morgan fingerprint density at radius 3 is 2.37 bits per heavy atom. The van der Waals surface area contributed by atoms with Gasteiger partial charge in [-0.2, -0.15) is 0 Å². The van der Waals surface area contributed by atoms with Crippen molar-refractivity contribution in [1.82, 2.24) is 10.2 Å². The highest BCUT2D eigenvalue weighted by Gasteiger charge is 2.34. The van der Waals surface area contributed by atoms with Crippen molar-refractivity contribution < 1.29 is 14.3 Å². The van der Waals surface area contributed by atoms with Gasteiger partial charge in [0.25, 0.3) is 5.91 Å². The molecule has 0 radical (unpaired) electrons. The molecule has 2 amide bonds. The van der Waals surface area contributed by atoms with Crippen LogP contribution < -0.4 is 5.32 Å². The lowest BCUT2D eigenvalue weighted by Crippen LogP contribution is -2.49. The number of likely N-dealkylation sites (tertiary alicyclic amines) is 1. The quantitative estimate of drug-likeness (QED) is 0.817. The SMILES string of the molecule is O=C(NC1CCN(C(=O)C2CCCO2)CC1)C1CC1. The van der Waals surface area contributed by atoms with Gasteiger partial charge in [0.05, 0.1) is 0 Å². The third-order valence-corrected chi connectivity index (χ3v) is 4.31. The predicted molar refractivity (Wildman–Crippen MR) is 69.4 cm³/mol. The molecule has 0 aromatic carbocycles. The zero-order valence-electron chi connectivity index (χ0n) is 11.3. The van der Waals surface area contributed by atoms with E-state index in [2.05, 4.69) is 5.32 Å². The lowest BCUT2D eigenvalue weighted by Gasteiger charge is -2.33. The normalized spacial score (nSPS) is 28.4. The van der Waals surface area contributed by atoms with Crippen molar-refractivity contribution in [2.45, 2.75) is 50.7 Å². The summed E-state index contributed by atoms with van der Waals surface area (Å²) in [6, 6.07) is 0.252. The first-order chi connectivity index (χ1) is 9.24. The highest BCUT2D eigenvalue weighted by molar-refractivity contribution is 5.82. The number of nitrogens with one attached hydrogen (secondary N) is 1. The minimum Gasteiger partial charge on any atom is -0.368 e. The molecule has 2 saturated heterocycles. The van der Waals surface area contributed by atoms with E-state index in [1.54, 1.807) is 0 Å². The first kappa shape index (κ1) is 12.9. The van der Waals surface area contributed by atoms with Crippen molar-refractivity contribution in [3.8, 4) is 0 Å². The molecule has 1 N–H and O–H groups in total. The van der Waals surface area contributed by atoms with Crippen LogP contribution in [0.4, 0.5) is 0 Å². The number of rotatable bonds is 3. The molecule has 0 aromatic rings. The number of carbonyl (C=O) groups excluding carboxylic acids is 2. The van der Waals surface area contributed by atoms with Crippen LogP contribution in [0.2, 0.25) is 0 Å². The molecule has 5 heteroatoms. The van der Waals surface area contributed by atoms with Gasteiger partial charge in [0.1, 0.15) is 6.10 Å². The fourth-order valence-electron chi connectivity index (χ4n) is 2.88. The summed E-state index contributed by atoms with van der Waals surface area (Å²) in [5, 5.41) is 3.10. The highest BCUT2D eigenvalue weighted by Crippen LogP contribution is 2.29. The Balaban J connectivity index is 1.43. The second-order valence-electron chi connectivity index (χ2n) is 5.88. The molecule has 1 aliphatic carbocycles. The average Bonchev–Trinajstić information content (AvgIpc) is 3.14. The number of carbonyl (C=O) groups is 2. The fourth-order valence-corrected chi connectivity index (χ4v) is 2.88. The number of hydrogen-bond acceptors (Lipinski definition) is 3. The van der Waals surface area contributed by atoms with E-state index in [4.69, 9.17) is 4.74 Å². The standard InChI is InChI=1S/C14H22N2O3/c17-13(10-3-4-10)15-11-5-7-16(8-6-11)14(18)12-2-1-9-19-12/h10-12H,1-9H2,(H,15,17). The summed E-state index contributed by atoms with van der Waals surface area (Å²) >= 11 is 0. The molecule has 5 nitrogen and oxygen atoms in total. The molecule has 2 aliphatic heterocycles. The molecule has 2 heterocycles. The van der Waals surface area contributed by atoms with Gasteiger partial charge >= 0.3 is 0 Å². The van der Waals surface area contributed by atoms with E-state index in [-0.39, 0.29) is 29.9 Å². The maximum absolute atomic E-state index is 12.2. The molecule has 0 spiro atoms. The van der Waals surface area contributed by atoms with Crippen molar-refractivity contribution in [3.05, 3.63) is 0 Å². The van der Waals surface area contributed by atoms with Gasteiger partial charge in [-0.05, 0) is 38.5 Å². The molecule has 3 aliphatic rings. The lowest BCUT2D eigenvalue weighted by atomic mass is 10.0. The van der Waals surface area contributed by atoms with Gasteiger partial charge in [-0.25, -0.2) is 0 Å². The topological polar surface area (TPSA) is 58.6 Å². The van der Waals surface area contributed by atoms with Crippen molar-refractivity contribution in [2.75, 3.05) is 19.7 Å². The van der Waals surface area contributed by atoms with Crippen molar-refractivity contribution >= 4 is 11.8 Å². The minimum atomic E-state index is -0.211. The van der Waals surface area contributed by atoms with Gasteiger partial charge in [-0.3, -0.25) is 9.59 Å². The van der Waals surface area contributed by atoms with Gasteiger partial charge in [0.2, 0.25) is 5.91 Å². The zero-order valence-corrected chi connectivity index (χ0v) is 11.3. The molecule has 106 valence electrons. The molecular formula is C14H22N2O3. The summed E-state index contributed by atoms with van der Waals surface area (Å²) in [6.45, 7) is 2.20. The van der Waals surface area contributed by atoms with Crippen molar-refractivity contribution in [1.29, 1.82) is 0 Å². The smallest absolute Gasteiger partial charge is 0.251 e. The molecule has 1 saturated carbocycles. The van der Waals surface area contributed by atoms with Gasteiger partial charge in [0, 0.05) is 31.7 Å². The number of amides is 2. The minimum absolute atomic E-state index is 0.143. The second-order valence-corrected chi connectivity index (χ2v) is 5.88. The number of piperidine rings is 1. The Hall–Kier alpha value is -1.10. The van der Waals surface area contributed by atoms with E-state index < -0.39 is 0 Å². The lowest BCUT2D eigenvalue weighted by molar-refractivity contribution is -0.142. The van der Waals surface area contributed by atoms with Gasteiger partial charge in [-0.1, -0.05) is 0 Å². The molecular weight excluding hydrogens is 244 g/mol. The summed E-state index contributed by atoms with van der Waals surface area (Å²) in [5.74, 6) is 0.625. The first-order valence-electron chi connectivity index (χ1n) is 7.45. The summed E-state index contributed by atoms with van der Waals surface area (Å²) in [6.07, 6.45) is 5.47. The van der Waals surface area contributed by atoms with E-state index in [1.165, 1.54) is 0 Å². The van der Waals surface area contributed by atoms with Crippen LogP contribution in [0.1, 0.15) is 38.5 Å². The zero-order chi connectivity index (χ0) is 13.2. The number of hydrogen-bond donors (Lipinski definition) is 1. The molecule has 0 aromatic heterocycles. The Bertz CT molecular complexity index is 354. The highest BCUT2D eigenvalue weighted by atomic mass is 16.5. The van der Waals surface area contributed by atoms with Crippen LogP contribution in [-0.4, -0.2) is 48.6 Å². The van der Waals surface area contributed by atoms with Gasteiger partial charge in [0.15, 0.2) is 0 Å². The van der Waals surface area contributed by atoms with E-state index in [0.717, 1.165) is 51.6 Å². The van der Waals surface area contributed by atoms with Crippen LogP contribution in [0, 0.1) is 5.92 Å². The van der Waals surface area contributed by atoms with E-state index in [1.807, 2.05) is 4.90 Å². The third-order valence-electron chi connectivity index (χ3n) is 4.31. The van der Waals surface area contributed by atoms with E-state index in [0.29, 0.717) is 6.61 Å². The Labute approximate surface area is 113 Å². The Kier molecular flexibility index (Phi) is 3.73. The summed E-state index contributed by atoms with van der Waals surface area (Å²) in [5.41, 5.74) is 0. The molecule has 1 atom stereocenters. The van der Waals surface area contributed by atoms with Crippen molar-refractivity contribution in [2.24, 2.45) is 5.92 Å². The third kappa shape index (κ3) is 3.08. The predicted octanol–water partition coefficient (Wildman–Crippen LogP) is 0.683. The van der Waals surface area contributed by atoms with Crippen LogP contribution >= 0.6 is 0 Å². The molecule has 1 unspecified atom stereocenters. The molecule has 19 heavy (non-hydrogen) atoms. The fraction of sp³-hybridized carbons (Fsp3) is 0.857. The van der Waals surface area contributed by atoms with E-state index >= 15 is 0 Å². The molecule has 3 rings (SSSR count). The number of ether oxygens (including phenoxy) is 1. The van der Waals surface area contributed by atoms with E-state index in [9.17, 15) is 9.59 Å². The Morgan fingerprint density at radius 1 is 1.05 bits per heavy atom. The molecule has 3 fully saturated rings. The monoisotopic (exact) mass is 266 g/mol. The van der Waals surface area contributed by atoms with Crippen LogP contribution in [-0.2, 0) is 14.3 Å². The van der Waals surface area contributed by atoms with Crippen LogP contribution in [0.3, 0.4) is 0 Å². The second kappa shape index (κ2) is 5.49. The summed E-state index contributed by atoms with van der Waals surface area (Å²) < 4.78 is 5.44. The van der Waals surface area contributed by atoms with Gasteiger partial charge in [-0.15, -0.1) is 0 Å².